The molecule has 0 saturated carbocycles. The number of ketones is 1. The summed E-state index contributed by atoms with van der Waals surface area (Å²) in [6.45, 7) is 4.29. The highest BCUT2D eigenvalue weighted by Crippen LogP contribution is 2.27. The van der Waals surface area contributed by atoms with E-state index in [-0.39, 0.29) is 0 Å². The lowest BCUT2D eigenvalue weighted by Gasteiger charge is -2.32. The molecule has 2 heterocycles. The van der Waals surface area contributed by atoms with E-state index in [9.17, 15) is 4.79 Å². The van der Waals surface area contributed by atoms with E-state index >= 15 is 0 Å². The maximum atomic E-state index is 11.3. The number of piperidine rings is 1. The third-order valence-corrected chi connectivity index (χ3v) is 2.99. The van der Waals surface area contributed by atoms with Crippen LogP contribution in [0.4, 0.5) is 0 Å². The van der Waals surface area contributed by atoms with Crippen LogP contribution in [-0.2, 0) is 4.79 Å². The largest absolute Gasteiger partial charge is 0.299 e. The summed E-state index contributed by atoms with van der Waals surface area (Å²) < 4.78 is 0. The monoisotopic (exact) mass is 153 g/mol. The molecule has 0 aromatic heterocycles. The number of fused-ring (bicyclic) bond motifs is 1. The quantitative estimate of drug-likeness (QED) is 0.518. The molecule has 0 aromatic carbocycles. The summed E-state index contributed by atoms with van der Waals surface area (Å²) in [5, 5.41) is 0. The molecule has 2 saturated heterocycles. The van der Waals surface area contributed by atoms with Gasteiger partial charge >= 0.3 is 0 Å². The van der Waals surface area contributed by atoms with Crippen molar-refractivity contribution >= 4 is 5.78 Å². The molecule has 0 bridgehead atoms. The van der Waals surface area contributed by atoms with Gasteiger partial charge in [0.25, 0.3) is 0 Å². The second-order valence-corrected chi connectivity index (χ2v) is 3.86. The third kappa shape index (κ3) is 1.20. The molecule has 2 unspecified atom stereocenters. The fourth-order valence-corrected chi connectivity index (χ4v) is 2.25. The molecule has 2 heteroatoms. The fraction of sp³-hybridized carbons (Fsp3) is 0.889. The SMILES string of the molecule is CC1CN2CCCC2CC1=O. The number of hydrogen-bond acceptors (Lipinski definition) is 2. The van der Waals surface area contributed by atoms with Crippen LogP contribution >= 0.6 is 0 Å². The Balaban J connectivity index is 2.06. The smallest absolute Gasteiger partial charge is 0.138 e. The van der Waals surface area contributed by atoms with E-state index in [1.54, 1.807) is 0 Å². The first-order valence-corrected chi connectivity index (χ1v) is 4.54. The first-order valence-electron chi connectivity index (χ1n) is 4.54. The van der Waals surface area contributed by atoms with E-state index in [1.807, 2.05) is 0 Å². The number of carbonyl (C=O) groups excluding carboxylic acids is 1. The molecule has 0 aromatic rings. The zero-order valence-electron chi connectivity index (χ0n) is 7.05. The molecule has 2 aliphatic heterocycles. The summed E-state index contributed by atoms with van der Waals surface area (Å²) in [5.41, 5.74) is 0. The molecule has 0 radical (unpaired) electrons. The van der Waals surface area contributed by atoms with Gasteiger partial charge in [-0.15, -0.1) is 0 Å². The maximum absolute atomic E-state index is 11.3. The average molecular weight is 153 g/mol. The fourth-order valence-electron chi connectivity index (χ4n) is 2.25. The zero-order valence-corrected chi connectivity index (χ0v) is 7.05. The van der Waals surface area contributed by atoms with E-state index in [0.717, 1.165) is 13.0 Å². The number of carbonyl (C=O) groups is 1. The summed E-state index contributed by atoms with van der Waals surface area (Å²) >= 11 is 0. The molecule has 0 aliphatic carbocycles. The molecule has 2 nitrogen and oxygen atoms in total. The molecular weight excluding hydrogens is 138 g/mol. The van der Waals surface area contributed by atoms with Crippen LogP contribution in [0.25, 0.3) is 0 Å². The van der Waals surface area contributed by atoms with Crippen LogP contribution in [0.2, 0.25) is 0 Å². The minimum Gasteiger partial charge on any atom is -0.299 e. The van der Waals surface area contributed by atoms with Crippen LogP contribution in [-0.4, -0.2) is 29.8 Å². The van der Waals surface area contributed by atoms with Gasteiger partial charge in [0.1, 0.15) is 5.78 Å². The first-order chi connectivity index (χ1) is 5.27. The van der Waals surface area contributed by atoms with Crippen molar-refractivity contribution in [3.8, 4) is 0 Å². The Hall–Kier alpha value is -0.370. The Kier molecular flexibility index (Phi) is 1.72. The van der Waals surface area contributed by atoms with Gasteiger partial charge in [-0.1, -0.05) is 6.92 Å². The predicted molar refractivity (Wildman–Crippen MR) is 43.4 cm³/mol. The van der Waals surface area contributed by atoms with Crippen molar-refractivity contribution < 1.29 is 4.79 Å². The second kappa shape index (κ2) is 2.59. The minimum atomic E-state index is 0.296. The topological polar surface area (TPSA) is 20.3 Å². The summed E-state index contributed by atoms with van der Waals surface area (Å²) in [5.74, 6) is 0.775. The van der Waals surface area contributed by atoms with Crippen LogP contribution in [0.3, 0.4) is 0 Å². The van der Waals surface area contributed by atoms with Gasteiger partial charge in [0, 0.05) is 24.9 Å². The summed E-state index contributed by atoms with van der Waals surface area (Å²) in [4.78, 5) is 13.8. The Morgan fingerprint density at radius 1 is 1.55 bits per heavy atom. The van der Waals surface area contributed by atoms with Crippen LogP contribution in [0.5, 0.6) is 0 Å². The molecule has 2 atom stereocenters. The van der Waals surface area contributed by atoms with Crippen molar-refractivity contribution in [1.82, 2.24) is 4.90 Å². The van der Waals surface area contributed by atoms with Crippen LogP contribution < -0.4 is 0 Å². The Morgan fingerprint density at radius 2 is 2.36 bits per heavy atom. The molecule has 0 amide bonds. The van der Waals surface area contributed by atoms with E-state index in [1.165, 1.54) is 19.4 Å². The van der Waals surface area contributed by atoms with Gasteiger partial charge in [0.15, 0.2) is 0 Å². The highest BCUT2D eigenvalue weighted by Gasteiger charge is 2.34. The molecule has 0 N–H and O–H groups in total. The highest BCUT2D eigenvalue weighted by molar-refractivity contribution is 5.82. The standard InChI is InChI=1S/C9H15NO/c1-7-6-10-4-2-3-8(10)5-9(7)11/h7-8H,2-6H2,1H3. The van der Waals surface area contributed by atoms with Crippen molar-refractivity contribution in [3.63, 3.8) is 0 Å². The van der Waals surface area contributed by atoms with Crippen LogP contribution in [0, 0.1) is 5.92 Å². The van der Waals surface area contributed by atoms with E-state index in [0.29, 0.717) is 17.7 Å². The lowest BCUT2D eigenvalue weighted by molar-refractivity contribution is -0.126. The minimum absolute atomic E-state index is 0.296. The normalized spacial score (nSPS) is 39.2. The Labute approximate surface area is 67.6 Å². The molecule has 62 valence electrons. The predicted octanol–water partition coefficient (Wildman–Crippen LogP) is 1.06. The van der Waals surface area contributed by atoms with E-state index < -0.39 is 0 Å². The van der Waals surface area contributed by atoms with Crippen molar-refractivity contribution in [3.05, 3.63) is 0 Å². The lowest BCUT2D eigenvalue weighted by atomic mass is 9.93. The van der Waals surface area contributed by atoms with Gasteiger partial charge in [-0.25, -0.2) is 0 Å². The van der Waals surface area contributed by atoms with E-state index in [4.69, 9.17) is 0 Å². The molecule has 2 rings (SSSR count). The van der Waals surface area contributed by atoms with Gasteiger partial charge in [-0.3, -0.25) is 9.69 Å². The summed E-state index contributed by atoms with van der Waals surface area (Å²) in [6, 6.07) is 0.610. The van der Waals surface area contributed by atoms with Crippen molar-refractivity contribution in [2.45, 2.75) is 32.2 Å². The van der Waals surface area contributed by atoms with Crippen molar-refractivity contribution in [2.24, 2.45) is 5.92 Å². The Morgan fingerprint density at radius 3 is 3.18 bits per heavy atom. The van der Waals surface area contributed by atoms with Gasteiger partial charge in [0.05, 0.1) is 0 Å². The number of rotatable bonds is 0. The molecule has 2 fully saturated rings. The first kappa shape index (κ1) is 7.29. The molecule has 2 aliphatic rings. The van der Waals surface area contributed by atoms with Crippen molar-refractivity contribution in [1.29, 1.82) is 0 Å². The van der Waals surface area contributed by atoms with Gasteiger partial charge in [-0.05, 0) is 19.4 Å². The molecule has 0 spiro atoms. The van der Waals surface area contributed by atoms with Gasteiger partial charge in [-0.2, -0.15) is 0 Å². The van der Waals surface area contributed by atoms with Crippen LogP contribution in [0.15, 0.2) is 0 Å². The number of nitrogens with zero attached hydrogens (tertiary/aromatic N) is 1. The summed E-state index contributed by atoms with van der Waals surface area (Å²) in [7, 11) is 0. The zero-order chi connectivity index (χ0) is 7.84. The van der Waals surface area contributed by atoms with E-state index in [2.05, 4.69) is 11.8 Å². The maximum Gasteiger partial charge on any atom is 0.138 e. The summed E-state index contributed by atoms with van der Waals surface area (Å²) in [6.07, 6.45) is 3.37. The third-order valence-electron chi connectivity index (χ3n) is 2.99. The average Bonchev–Trinajstić information content (AvgIpc) is 2.36. The lowest BCUT2D eigenvalue weighted by Crippen LogP contribution is -2.43. The second-order valence-electron chi connectivity index (χ2n) is 3.86. The highest BCUT2D eigenvalue weighted by atomic mass is 16.1. The number of Topliss-reactive ketones (excluding diaryl/α,β-unsaturated/α-hetero) is 1. The van der Waals surface area contributed by atoms with Gasteiger partial charge < -0.3 is 0 Å². The Bertz CT molecular complexity index is 178. The number of hydrogen-bond donors (Lipinski definition) is 0. The molecule has 11 heavy (non-hydrogen) atoms. The van der Waals surface area contributed by atoms with Crippen LogP contribution in [0.1, 0.15) is 26.2 Å². The van der Waals surface area contributed by atoms with Gasteiger partial charge in [0.2, 0.25) is 0 Å². The molecular formula is C9H15NO. The van der Waals surface area contributed by atoms with Crippen molar-refractivity contribution in [2.75, 3.05) is 13.1 Å².